The molecule has 1 saturated heterocycles. The molecule has 0 radical (unpaired) electrons. The topological polar surface area (TPSA) is 55.0 Å². The van der Waals surface area contributed by atoms with Crippen LogP contribution in [0.15, 0.2) is 66.7 Å². The van der Waals surface area contributed by atoms with Crippen molar-refractivity contribution in [1.29, 1.82) is 0 Å². The molecule has 2 N–H and O–H groups in total. The number of nitrogens with two attached hydrogens (primary N) is 1. The highest BCUT2D eigenvalue weighted by Crippen LogP contribution is 2.27. The predicted octanol–water partition coefficient (Wildman–Crippen LogP) is 5.01. The van der Waals surface area contributed by atoms with Gasteiger partial charge >= 0.3 is 0 Å². The number of hydrogen-bond acceptors (Lipinski definition) is 4. The van der Waals surface area contributed by atoms with Crippen LogP contribution < -0.4 is 10.6 Å². The van der Waals surface area contributed by atoms with Crippen LogP contribution in [0.5, 0.6) is 0 Å². The van der Waals surface area contributed by atoms with Crippen LogP contribution in [0, 0.1) is 5.92 Å². The van der Waals surface area contributed by atoms with E-state index in [-0.39, 0.29) is 5.92 Å². The van der Waals surface area contributed by atoms with Crippen molar-refractivity contribution in [3.63, 3.8) is 0 Å². The molecule has 0 bridgehead atoms. The summed E-state index contributed by atoms with van der Waals surface area (Å²) < 4.78 is 0. The van der Waals surface area contributed by atoms with E-state index in [1.54, 1.807) is 0 Å². The molecule has 2 aromatic carbocycles. The molecule has 4 rings (SSSR count). The van der Waals surface area contributed by atoms with Gasteiger partial charge in [0.2, 0.25) is 0 Å². The third-order valence-corrected chi connectivity index (χ3v) is 6.25. The summed E-state index contributed by atoms with van der Waals surface area (Å²) in [7, 11) is 0. The van der Waals surface area contributed by atoms with E-state index in [1.165, 1.54) is 18.4 Å². The molecule has 1 aliphatic heterocycles. The van der Waals surface area contributed by atoms with Crippen LogP contribution in [0.1, 0.15) is 35.6 Å². The van der Waals surface area contributed by atoms with Crippen molar-refractivity contribution in [3.05, 3.63) is 88.6 Å². The Morgan fingerprint density at radius 2 is 1.70 bits per heavy atom. The first kappa shape index (κ1) is 20.8. The Bertz CT molecular complexity index is 968. The van der Waals surface area contributed by atoms with Gasteiger partial charge in [-0.05, 0) is 60.6 Å². The highest BCUT2D eigenvalue weighted by Gasteiger charge is 2.23. The molecule has 1 unspecified atom stereocenters. The lowest BCUT2D eigenvalue weighted by atomic mass is 9.90. The first-order valence-corrected chi connectivity index (χ1v) is 11.1. The molecule has 3 aromatic rings. The molecule has 4 nitrogen and oxygen atoms in total. The van der Waals surface area contributed by atoms with Crippen LogP contribution >= 0.6 is 23.8 Å². The van der Waals surface area contributed by atoms with Crippen molar-refractivity contribution >= 4 is 34.6 Å². The predicted molar refractivity (Wildman–Crippen MR) is 127 cm³/mol. The monoisotopic (exact) mass is 436 g/mol. The fourth-order valence-corrected chi connectivity index (χ4v) is 4.49. The van der Waals surface area contributed by atoms with Gasteiger partial charge in [-0.3, -0.25) is 0 Å². The molecule has 1 aromatic heterocycles. The minimum Gasteiger partial charge on any atom is -0.392 e. The maximum Gasteiger partial charge on any atom is 0.151 e. The lowest BCUT2D eigenvalue weighted by Gasteiger charge is -2.32. The molecule has 1 fully saturated rings. The smallest absolute Gasteiger partial charge is 0.151 e. The van der Waals surface area contributed by atoms with Gasteiger partial charge in [0.1, 0.15) is 0 Å². The van der Waals surface area contributed by atoms with Gasteiger partial charge in [0.25, 0.3) is 0 Å². The van der Waals surface area contributed by atoms with Gasteiger partial charge in [-0.2, -0.15) is 5.10 Å². The maximum atomic E-state index is 6.02. The van der Waals surface area contributed by atoms with Gasteiger partial charge in [-0.1, -0.05) is 66.3 Å². The van der Waals surface area contributed by atoms with E-state index >= 15 is 0 Å². The molecule has 6 heteroatoms. The van der Waals surface area contributed by atoms with E-state index in [1.807, 2.05) is 36.4 Å². The summed E-state index contributed by atoms with van der Waals surface area (Å²) in [5.74, 6) is 1.37. The normalized spacial score (nSPS) is 15.7. The molecular formula is C24H25ClN4S. The number of nitrogens with zero attached hydrogens (tertiary/aromatic N) is 3. The minimum atomic E-state index is -0.268. The van der Waals surface area contributed by atoms with Crippen LogP contribution in [0.3, 0.4) is 0 Å². The number of halogens is 1. The number of hydrogen-bond donors (Lipinski definition) is 1. The summed E-state index contributed by atoms with van der Waals surface area (Å²) in [6.07, 6.45) is 3.48. The van der Waals surface area contributed by atoms with Gasteiger partial charge in [0.05, 0.1) is 16.6 Å². The Hall–Kier alpha value is -2.50. The van der Waals surface area contributed by atoms with Gasteiger partial charge in [-0.25, -0.2) is 0 Å². The Balaban J connectivity index is 1.41. The summed E-state index contributed by atoms with van der Waals surface area (Å²) in [6, 6.07) is 22.3. The largest absolute Gasteiger partial charge is 0.392 e. The van der Waals surface area contributed by atoms with Crippen molar-refractivity contribution < 1.29 is 0 Å². The first-order chi connectivity index (χ1) is 14.6. The molecule has 154 valence electrons. The van der Waals surface area contributed by atoms with E-state index < -0.39 is 0 Å². The van der Waals surface area contributed by atoms with Gasteiger partial charge in [0.15, 0.2) is 5.82 Å². The quantitative estimate of drug-likeness (QED) is 0.550. The van der Waals surface area contributed by atoms with E-state index in [4.69, 9.17) is 29.6 Å². The second-order valence-electron chi connectivity index (χ2n) is 7.82. The summed E-state index contributed by atoms with van der Waals surface area (Å²) in [5.41, 5.74) is 9.17. The fourth-order valence-electron chi connectivity index (χ4n) is 4.11. The summed E-state index contributed by atoms with van der Waals surface area (Å²) in [6.45, 7) is 2.00. The summed E-state index contributed by atoms with van der Waals surface area (Å²) in [5, 5.41) is 9.64. The average molecular weight is 437 g/mol. The van der Waals surface area contributed by atoms with E-state index in [9.17, 15) is 0 Å². The standard InChI is InChI=1S/C24H25ClN4S/c25-20-8-6-19(7-9-20)23(24(26)30)21-10-11-22(28-27-21)29-14-12-18(13-15-29)16-17-4-2-1-3-5-17/h1-11,18,23H,12-16H2,(H2,26,30). The zero-order valence-electron chi connectivity index (χ0n) is 16.7. The highest BCUT2D eigenvalue weighted by molar-refractivity contribution is 7.80. The Morgan fingerprint density at radius 3 is 2.30 bits per heavy atom. The Labute approximate surface area is 188 Å². The molecule has 0 saturated carbocycles. The number of rotatable bonds is 6. The van der Waals surface area contributed by atoms with Crippen LogP contribution in [-0.2, 0) is 6.42 Å². The van der Waals surface area contributed by atoms with Crippen molar-refractivity contribution in [2.24, 2.45) is 11.7 Å². The van der Waals surface area contributed by atoms with Gasteiger partial charge in [0, 0.05) is 18.1 Å². The van der Waals surface area contributed by atoms with Gasteiger partial charge in [-0.15, -0.1) is 5.10 Å². The lowest BCUT2D eigenvalue weighted by molar-refractivity contribution is 0.401. The highest BCUT2D eigenvalue weighted by atomic mass is 35.5. The number of aromatic nitrogens is 2. The average Bonchev–Trinajstić information content (AvgIpc) is 2.77. The second kappa shape index (κ2) is 9.54. The number of anilines is 1. The second-order valence-corrected chi connectivity index (χ2v) is 8.73. The lowest BCUT2D eigenvalue weighted by Crippen LogP contribution is -2.35. The Morgan fingerprint density at radius 1 is 1.00 bits per heavy atom. The summed E-state index contributed by atoms with van der Waals surface area (Å²) in [4.78, 5) is 2.69. The number of piperidine rings is 1. The number of benzene rings is 2. The molecule has 0 aliphatic carbocycles. The number of thiocarbonyl (C=S) groups is 1. The van der Waals surface area contributed by atoms with Crippen LogP contribution in [0.25, 0.3) is 0 Å². The van der Waals surface area contributed by atoms with Gasteiger partial charge < -0.3 is 10.6 Å². The molecule has 2 heterocycles. The molecule has 1 aliphatic rings. The molecule has 1 atom stereocenters. The summed E-state index contributed by atoms with van der Waals surface area (Å²) >= 11 is 11.3. The molecule has 0 spiro atoms. The van der Waals surface area contributed by atoms with E-state index in [2.05, 4.69) is 45.4 Å². The van der Waals surface area contributed by atoms with Crippen LogP contribution in [-0.4, -0.2) is 28.3 Å². The molecular weight excluding hydrogens is 412 g/mol. The zero-order chi connectivity index (χ0) is 20.9. The first-order valence-electron chi connectivity index (χ1n) is 10.3. The SMILES string of the molecule is NC(=S)C(c1ccc(Cl)cc1)c1ccc(N2CCC(Cc3ccccc3)CC2)nn1. The fraction of sp³-hybridized carbons (Fsp3) is 0.292. The van der Waals surface area contributed by atoms with Crippen molar-refractivity contribution in [1.82, 2.24) is 10.2 Å². The van der Waals surface area contributed by atoms with E-state index in [0.717, 1.165) is 42.5 Å². The third-order valence-electron chi connectivity index (χ3n) is 5.76. The van der Waals surface area contributed by atoms with Crippen LogP contribution in [0.4, 0.5) is 5.82 Å². The maximum absolute atomic E-state index is 6.02. The van der Waals surface area contributed by atoms with Crippen molar-refractivity contribution in [2.45, 2.75) is 25.2 Å². The zero-order valence-corrected chi connectivity index (χ0v) is 18.3. The van der Waals surface area contributed by atoms with E-state index in [0.29, 0.717) is 10.0 Å². The molecule has 0 amide bonds. The minimum absolute atomic E-state index is 0.268. The molecule has 30 heavy (non-hydrogen) atoms. The van der Waals surface area contributed by atoms with Crippen molar-refractivity contribution in [2.75, 3.05) is 18.0 Å². The third kappa shape index (κ3) is 4.97. The Kier molecular flexibility index (Phi) is 6.60. The van der Waals surface area contributed by atoms with Crippen LogP contribution in [0.2, 0.25) is 5.02 Å². The van der Waals surface area contributed by atoms with Crippen molar-refractivity contribution in [3.8, 4) is 0 Å².